The van der Waals surface area contributed by atoms with Crippen LogP contribution >= 0.6 is 15.9 Å². The van der Waals surface area contributed by atoms with Gasteiger partial charge in [0, 0.05) is 17.6 Å². The van der Waals surface area contributed by atoms with E-state index in [0.717, 1.165) is 35.7 Å². The van der Waals surface area contributed by atoms with Gasteiger partial charge in [0.05, 0.1) is 4.90 Å². The molecule has 106 valence electrons. The van der Waals surface area contributed by atoms with E-state index >= 15 is 0 Å². The number of sulfonamides is 1. The lowest BCUT2D eigenvalue weighted by Crippen LogP contribution is -2.34. The second kappa shape index (κ2) is 6.37. The van der Waals surface area contributed by atoms with Crippen molar-refractivity contribution in [2.24, 2.45) is 0 Å². The summed E-state index contributed by atoms with van der Waals surface area (Å²) in [5.74, 6) is 0. The topological polar surface area (TPSA) is 37.4 Å². The summed E-state index contributed by atoms with van der Waals surface area (Å²) in [6.07, 6.45) is 5.41. The van der Waals surface area contributed by atoms with Crippen LogP contribution in [-0.2, 0) is 10.0 Å². The molecule has 1 heterocycles. The van der Waals surface area contributed by atoms with Gasteiger partial charge in [0.2, 0.25) is 10.0 Å². The van der Waals surface area contributed by atoms with Crippen LogP contribution in [-0.4, -0.2) is 25.8 Å². The van der Waals surface area contributed by atoms with E-state index < -0.39 is 10.0 Å². The maximum Gasteiger partial charge on any atom is 0.243 e. The average Bonchev–Trinajstić information content (AvgIpc) is 2.31. The van der Waals surface area contributed by atoms with E-state index in [1.54, 1.807) is 10.4 Å². The van der Waals surface area contributed by atoms with Gasteiger partial charge in [-0.2, -0.15) is 4.31 Å². The second-order valence-corrected chi connectivity index (χ2v) is 7.90. The summed E-state index contributed by atoms with van der Waals surface area (Å²) in [6.45, 7) is 3.14. The molecule has 3 nitrogen and oxygen atoms in total. The van der Waals surface area contributed by atoms with Gasteiger partial charge in [0.15, 0.2) is 0 Å². The Morgan fingerprint density at radius 1 is 1.05 bits per heavy atom. The standard InChI is InChI=1S/C14H20BrNO2S/c1-12-7-8-13(15)11-14(12)19(17,18)16-9-5-3-2-4-6-10-16/h7-8,11H,2-6,9-10H2,1H3. The van der Waals surface area contributed by atoms with Gasteiger partial charge in [0.1, 0.15) is 0 Å². The van der Waals surface area contributed by atoms with Crippen LogP contribution in [0.1, 0.15) is 37.7 Å². The minimum Gasteiger partial charge on any atom is -0.207 e. The second-order valence-electron chi connectivity index (χ2n) is 5.08. The minimum atomic E-state index is -3.35. The Kier molecular flexibility index (Phi) is 5.03. The lowest BCUT2D eigenvalue weighted by atomic mass is 10.1. The SMILES string of the molecule is Cc1ccc(Br)cc1S(=O)(=O)N1CCCCCCC1. The third-order valence-electron chi connectivity index (χ3n) is 3.58. The van der Waals surface area contributed by atoms with Crippen molar-refractivity contribution in [3.63, 3.8) is 0 Å². The van der Waals surface area contributed by atoms with Crippen molar-refractivity contribution in [2.75, 3.05) is 13.1 Å². The van der Waals surface area contributed by atoms with Gasteiger partial charge in [-0.15, -0.1) is 0 Å². The molecular weight excluding hydrogens is 326 g/mol. The third-order valence-corrected chi connectivity index (χ3v) is 6.12. The molecule has 0 bridgehead atoms. The summed E-state index contributed by atoms with van der Waals surface area (Å²) < 4.78 is 27.9. The minimum absolute atomic E-state index is 0.433. The normalized spacial score (nSPS) is 18.8. The van der Waals surface area contributed by atoms with Gasteiger partial charge >= 0.3 is 0 Å². The quantitative estimate of drug-likeness (QED) is 0.819. The lowest BCUT2D eigenvalue weighted by molar-refractivity contribution is 0.364. The monoisotopic (exact) mass is 345 g/mol. The van der Waals surface area contributed by atoms with E-state index in [1.807, 2.05) is 19.1 Å². The summed E-state index contributed by atoms with van der Waals surface area (Å²) in [6, 6.07) is 5.44. The molecule has 0 aromatic heterocycles. The van der Waals surface area contributed by atoms with Gasteiger partial charge in [-0.05, 0) is 37.5 Å². The molecule has 0 unspecified atom stereocenters. The number of rotatable bonds is 2. The molecule has 0 radical (unpaired) electrons. The number of benzene rings is 1. The largest absolute Gasteiger partial charge is 0.243 e. The maximum absolute atomic E-state index is 12.7. The van der Waals surface area contributed by atoms with Gasteiger partial charge < -0.3 is 0 Å². The fourth-order valence-corrected chi connectivity index (χ4v) is 4.73. The van der Waals surface area contributed by atoms with Crippen LogP contribution in [0.4, 0.5) is 0 Å². The molecule has 0 spiro atoms. The van der Waals surface area contributed by atoms with E-state index in [1.165, 1.54) is 6.42 Å². The number of halogens is 1. The van der Waals surface area contributed by atoms with Crippen molar-refractivity contribution >= 4 is 26.0 Å². The molecule has 0 atom stereocenters. The molecule has 1 aliphatic heterocycles. The van der Waals surface area contributed by atoms with Crippen molar-refractivity contribution in [3.8, 4) is 0 Å². The van der Waals surface area contributed by atoms with E-state index in [4.69, 9.17) is 0 Å². The predicted octanol–water partition coefficient (Wildman–Crippen LogP) is 3.71. The highest BCUT2D eigenvalue weighted by atomic mass is 79.9. The van der Waals surface area contributed by atoms with Crippen LogP contribution in [0, 0.1) is 6.92 Å². The Morgan fingerprint density at radius 3 is 2.26 bits per heavy atom. The van der Waals surface area contributed by atoms with Crippen molar-refractivity contribution in [1.82, 2.24) is 4.31 Å². The van der Waals surface area contributed by atoms with E-state index in [9.17, 15) is 8.42 Å². The lowest BCUT2D eigenvalue weighted by Gasteiger charge is -2.25. The number of hydrogen-bond donors (Lipinski definition) is 0. The molecule has 1 aromatic rings. The molecule has 0 N–H and O–H groups in total. The summed E-state index contributed by atoms with van der Waals surface area (Å²) in [5.41, 5.74) is 0.810. The molecule has 19 heavy (non-hydrogen) atoms. The highest BCUT2D eigenvalue weighted by molar-refractivity contribution is 9.10. The Hall–Kier alpha value is -0.390. The zero-order valence-corrected chi connectivity index (χ0v) is 13.6. The Morgan fingerprint density at radius 2 is 1.63 bits per heavy atom. The average molecular weight is 346 g/mol. The highest BCUT2D eigenvalue weighted by Gasteiger charge is 2.26. The summed E-state index contributed by atoms with van der Waals surface area (Å²) >= 11 is 3.36. The first-order valence-corrected chi connectivity index (χ1v) is 9.01. The highest BCUT2D eigenvalue weighted by Crippen LogP contribution is 2.25. The van der Waals surface area contributed by atoms with Gasteiger partial charge in [-0.25, -0.2) is 8.42 Å². The van der Waals surface area contributed by atoms with Gasteiger partial charge in [0.25, 0.3) is 0 Å². The molecule has 1 aliphatic rings. The molecule has 1 aromatic carbocycles. The zero-order chi connectivity index (χ0) is 13.9. The van der Waals surface area contributed by atoms with Gasteiger partial charge in [-0.3, -0.25) is 0 Å². The molecule has 2 rings (SSSR count). The van der Waals surface area contributed by atoms with E-state index in [2.05, 4.69) is 15.9 Å². The van der Waals surface area contributed by atoms with Crippen molar-refractivity contribution in [1.29, 1.82) is 0 Å². The zero-order valence-electron chi connectivity index (χ0n) is 11.2. The van der Waals surface area contributed by atoms with Crippen LogP contribution in [0.5, 0.6) is 0 Å². The first-order valence-electron chi connectivity index (χ1n) is 6.78. The molecule has 1 fully saturated rings. The Labute approximate surface area is 124 Å². The fraction of sp³-hybridized carbons (Fsp3) is 0.571. The maximum atomic E-state index is 12.7. The molecule has 1 saturated heterocycles. The molecular formula is C14H20BrNO2S. The van der Waals surface area contributed by atoms with Gasteiger partial charge in [-0.1, -0.05) is 41.3 Å². The fourth-order valence-electron chi connectivity index (χ4n) is 2.45. The van der Waals surface area contributed by atoms with Crippen molar-refractivity contribution in [2.45, 2.75) is 43.9 Å². The van der Waals surface area contributed by atoms with Crippen LogP contribution < -0.4 is 0 Å². The van der Waals surface area contributed by atoms with Crippen molar-refractivity contribution < 1.29 is 8.42 Å². The van der Waals surface area contributed by atoms with Crippen LogP contribution in [0.2, 0.25) is 0 Å². The Bertz CT molecular complexity index is 534. The summed E-state index contributed by atoms with van der Waals surface area (Å²) in [4.78, 5) is 0.433. The molecule has 0 amide bonds. The third kappa shape index (κ3) is 3.58. The van der Waals surface area contributed by atoms with Crippen LogP contribution in [0.3, 0.4) is 0 Å². The van der Waals surface area contributed by atoms with E-state index in [0.29, 0.717) is 18.0 Å². The number of aryl methyl sites for hydroxylation is 1. The predicted molar refractivity (Wildman–Crippen MR) is 80.7 cm³/mol. The smallest absolute Gasteiger partial charge is 0.207 e. The van der Waals surface area contributed by atoms with Crippen LogP contribution in [0.15, 0.2) is 27.6 Å². The van der Waals surface area contributed by atoms with Crippen molar-refractivity contribution in [3.05, 3.63) is 28.2 Å². The first kappa shape index (κ1) is 15.0. The number of hydrogen-bond acceptors (Lipinski definition) is 2. The van der Waals surface area contributed by atoms with Crippen LogP contribution in [0.25, 0.3) is 0 Å². The molecule has 0 aliphatic carbocycles. The molecule has 0 saturated carbocycles. The molecule has 5 heteroatoms. The number of nitrogens with zero attached hydrogens (tertiary/aromatic N) is 1. The van der Waals surface area contributed by atoms with E-state index in [-0.39, 0.29) is 0 Å². The Balaban J connectivity index is 2.31. The summed E-state index contributed by atoms with van der Waals surface area (Å²) in [5, 5.41) is 0. The first-order chi connectivity index (χ1) is 9.01. The summed E-state index contributed by atoms with van der Waals surface area (Å²) in [7, 11) is -3.35.